The van der Waals surface area contributed by atoms with Gasteiger partial charge in [-0.05, 0) is 37.1 Å². The lowest BCUT2D eigenvalue weighted by molar-refractivity contribution is -0.136. The summed E-state index contributed by atoms with van der Waals surface area (Å²) in [5.41, 5.74) is 1.81. The van der Waals surface area contributed by atoms with Gasteiger partial charge in [0.05, 0.1) is 18.6 Å². The number of morpholine rings is 1. The number of carboxylic acids is 1. The summed E-state index contributed by atoms with van der Waals surface area (Å²) in [7, 11) is 3.10. The molecule has 0 aromatic heterocycles. The summed E-state index contributed by atoms with van der Waals surface area (Å²) in [5.74, 6) is 0.484. The number of carbonyl (C=O) groups is 2. The van der Waals surface area contributed by atoms with E-state index < -0.39 is 5.97 Å². The Bertz CT molecular complexity index is 614. The highest BCUT2D eigenvalue weighted by Crippen LogP contribution is 2.29. The maximum Gasteiger partial charge on any atom is 0.304 e. The third kappa shape index (κ3) is 5.56. The van der Waals surface area contributed by atoms with Gasteiger partial charge in [-0.15, -0.1) is 0 Å². The van der Waals surface area contributed by atoms with E-state index in [9.17, 15) is 9.59 Å². The van der Waals surface area contributed by atoms with Gasteiger partial charge in [0.25, 0.3) is 5.91 Å². The highest BCUT2D eigenvalue weighted by atomic mass is 33.1. The van der Waals surface area contributed by atoms with Crippen molar-refractivity contribution in [3.05, 3.63) is 29.8 Å². The van der Waals surface area contributed by atoms with Crippen LogP contribution in [0.25, 0.3) is 0 Å². The highest BCUT2D eigenvalue weighted by Gasteiger charge is 2.33. The normalized spacial score (nSPS) is 21.6. The van der Waals surface area contributed by atoms with Gasteiger partial charge in [-0.25, -0.2) is 0 Å². The van der Waals surface area contributed by atoms with Crippen LogP contribution in [-0.4, -0.2) is 60.3 Å². The number of hydrogen-bond acceptors (Lipinski definition) is 6. The van der Waals surface area contributed by atoms with Crippen LogP contribution in [0.5, 0.6) is 0 Å². The van der Waals surface area contributed by atoms with Crippen LogP contribution in [0.4, 0.5) is 5.69 Å². The van der Waals surface area contributed by atoms with Gasteiger partial charge in [-0.3, -0.25) is 9.59 Å². The Morgan fingerprint density at radius 3 is 2.42 bits per heavy atom. The molecule has 3 rings (SSSR count). The van der Waals surface area contributed by atoms with Crippen LogP contribution in [0.1, 0.15) is 29.6 Å². The Balaban J connectivity index is 1.38. The van der Waals surface area contributed by atoms with Gasteiger partial charge in [-0.1, -0.05) is 21.6 Å². The van der Waals surface area contributed by atoms with E-state index in [-0.39, 0.29) is 12.3 Å². The molecule has 2 saturated heterocycles. The Hall–Kier alpha value is -1.38. The molecule has 2 aliphatic heterocycles. The predicted molar refractivity (Wildman–Crippen MR) is 106 cm³/mol. The summed E-state index contributed by atoms with van der Waals surface area (Å²) in [6.07, 6.45) is 3.16. The molecule has 2 atom stereocenters. The van der Waals surface area contributed by atoms with E-state index in [1.54, 1.807) is 10.8 Å². The first-order valence-corrected chi connectivity index (χ1v) is 11.4. The fraction of sp³-hybridized carbons (Fsp3) is 0.556. The van der Waals surface area contributed by atoms with Crippen LogP contribution in [0.15, 0.2) is 24.3 Å². The smallest absolute Gasteiger partial charge is 0.304 e. The average molecular weight is 397 g/mol. The Morgan fingerprint density at radius 2 is 1.77 bits per heavy atom. The van der Waals surface area contributed by atoms with Gasteiger partial charge in [-0.2, -0.15) is 0 Å². The molecule has 8 heteroatoms. The number of hydrogen-bond donors (Lipinski definition) is 2. The minimum absolute atomic E-state index is 0.0743. The number of carbonyl (C=O) groups excluding carboxylic acids is 1. The molecule has 2 fully saturated rings. The van der Waals surface area contributed by atoms with Crippen LogP contribution >= 0.6 is 21.6 Å². The lowest BCUT2D eigenvalue weighted by atomic mass is 10.1. The van der Waals surface area contributed by atoms with Gasteiger partial charge in [0.1, 0.15) is 0 Å². The third-order valence-corrected chi connectivity index (χ3v) is 6.90. The van der Waals surface area contributed by atoms with E-state index in [1.807, 2.05) is 24.3 Å². The minimum atomic E-state index is -0.778. The predicted octanol–water partition coefficient (Wildman–Crippen LogP) is 2.64. The maximum absolute atomic E-state index is 12.2. The van der Waals surface area contributed by atoms with E-state index in [0.29, 0.717) is 30.1 Å². The summed E-state index contributed by atoms with van der Waals surface area (Å²) >= 11 is 0. The number of fused-ring (bicyclic) bond motifs is 2. The quantitative estimate of drug-likeness (QED) is 0.491. The van der Waals surface area contributed by atoms with Crippen molar-refractivity contribution >= 4 is 39.2 Å². The van der Waals surface area contributed by atoms with E-state index in [1.165, 1.54) is 10.8 Å². The number of carboxylic acid groups (broad SMARTS) is 1. The van der Waals surface area contributed by atoms with Gasteiger partial charge in [0.2, 0.25) is 0 Å². The molecule has 1 amide bonds. The number of nitrogens with one attached hydrogen (secondary N) is 1. The first-order chi connectivity index (χ1) is 12.6. The third-order valence-electron chi connectivity index (χ3n) is 4.49. The van der Waals surface area contributed by atoms with Crippen molar-refractivity contribution in [1.82, 2.24) is 5.32 Å². The topological polar surface area (TPSA) is 78.9 Å². The summed E-state index contributed by atoms with van der Waals surface area (Å²) < 4.78 is 5.86. The molecule has 0 saturated carbocycles. The summed E-state index contributed by atoms with van der Waals surface area (Å²) in [6, 6.07) is 7.76. The van der Waals surface area contributed by atoms with Crippen molar-refractivity contribution in [2.24, 2.45) is 0 Å². The zero-order valence-corrected chi connectivity index (χ0v) is 16.2. The number of amides is 1. The lowest BCUT2D eigenvalue weighted by Gasteiger charge is -2.33. The Morgan fingerprint density at radius 1 is 1.12 bits per heavy atom. The first kappa shape index (κ1) is 19.4. The molecule has 26 heavy (non-hydrogen) atoms. The molecule has 6 nitrogen and oxygen atoms in total. The second-order valence-electron chi connectivity index (χ2n) is 6.45. The lowest BCUT2D eigenvalue weighted by Crippen LogP contribution is -2.42. The number of rotatable bonds is 9. The Labute approximate surface area is 161 Å². The van der Waals surface area contributed by atoms with Crippen molar-refractivity contribution < 1.29 is 19.4 Å². The van der Waals surface area contributed by atoms with Gasteiger partial charge in [0.15, 0.2) is 0 Å². The Kier molecular flexibility index (Phi) is 7.10. The largest absolute Gasteiger partial charge is 0.481 e. The zero-order valence-electron chi connectivity index (χ0n) is 14.6. The molecule has 0 radical (unpaired) electrons. The van der Waals surface area contributed by atoms with Crippen molar-refractivity contribution in [3.8, 4) is 0 Å². The summed E-state index contributed by atoms with van der Waals surface area (Å²) in [4.78, 5) is 24.9. The van der Waals surface area contributed by atoms with Gasteiger partial charge in [0, 0.05) is 42.4 Å². The summed E-state index contributed by atoms with van der Waals surface area (Å²) in [5, 5.41) is 11.5. The summed E-state index contributed by atoms with van der Waals surface area (Å²) in [6.45, 7) is 2.43. The minimum Gasteiger partial charge on any atom is -0.481 e. The fourth-order valence-electron chi connectivity index (χ4n) is 3.20. The molecule has 2 aliphatic rings. The highest BCUT2D eigenvalue weighted by molar-refractivity contribution is 8.76. The standard InChI is InChI=1S/C18H24N2O4S2/c21-17(22)7-9-25-26-10-8-19-18(23)13-1-3-14(4-2-13)20-11-15-5-6-16(12-20)24-15/h1-4,15-16H,5-12H2,(H,19,23)(H,21,22). The molecular weight excluding hydrogens is 372 g/mol. The number of benzene rings is 1. The fourth-order valence-corrected chi connectivity index (χ4v) is 5.09. The zero-order chi connectivity index (χ0) is 18.4. The van der Waals surface area contributed by atoms with Crippen molar-refractivity contribution in [2.45, 2.75) is 31.5 Å². The molecule has 142 valence electrons. The van der Waals surface area contributed by atoms with Gasteiger partial charge < -0.3 is 20.1 Å². The van der Waals surface area contributed by atoms with Crippen molar-refractivity contribution in [3.63, 3.8) is 0 Å². The van der Waals surface area contributed by atoms with E-state index in [4.69, 9.17) is 9.84 Å². The second-order valence-corrected chi connectivity index (χ2v) is 9.16. The molecule has 1 aromatic carbocycles. The SMILES string of the molecule is O=C(O)CCSSCCNC(=O)c1ccc(N2CC3CCC(C2)O3)cc1. The van der Waals surface area contributed by atoms with E-state index in [2.05, 4.69) is 10.2 Å². The number of ether oxygens (including phenoxy) is 1. The average Bonchev–Trinajstić information content (AvgIpc) is 2.98. The van der Waals surface area contributed by atoms with Crippen LogP contribution in [0, 0.1) is 0 Å². The monoisotopic (exact) mass is 396 g/mol. The number of aliphatic carboxylic acids is 1. The molecule has 1 aromatic rings. The molecule has 2 bridgehead atoms. The van der Waals surface area contributed by atoms with Gasteiger partial charge >= 0.3 is 5.97 Å². The molecule has 0 aliphatic carbocycles. The van der Waals surface area contributed by atoms with E-state index in [0.717, 1.165) is 37.4 Å². The van der Waals surface area contributed by atoms with Crippen LogP contribution in [0.2, 0.25) is 0 Å². The molecule has 2 unspecified atom stereocenters. The van der Waals surface area contributed by atoms with Crippen molar-refractivity contribution in [1.29, 1.82) is 0 Å². The molecular formula is C18H24N2O4S2. The van der Waals surface area contributed by atoms with Crippen LogP contribution in [0.3, 0.4) is 0 Å². The molecule has 2 heterocycles. The molecule has 0 spiro atoms. The van der Waals surface area contributed by atoms with E-state index >= 15 is 0 Å². The van der Waals surface area contributed by atoms with Crippen LogP contribution < -0.4 is 10.2 Å². The first-order valence-electron chi connectivity index (χ1n) is 8.86. The number of anilines is 1. The maximum atomic E-state index is 12.2. The van der Waals surface area contributed by atoms with Crippen LogP contribution in [-0.2, 0) is 9.53 Å². The molecule has 2 N–H and O–H groups in total. The van der Waals surface area contributed by atoms with Crippen molar-refractivity contribution in [2.75, 3.05) is 36.0 Å². The second kappa shape index (κ2) is 9.53. The number of nitrogens with zero attached hydrogens (tertiary/aromatic N) is 1.